The number of hydrogen-bond acceptors (Lipinski definition) is 3. The number of thioether (sulfide) groups is 1. The van der Waals surface area contributed by atoms with E-state index in [0.717, 1.165) is 11.5 Å². The lowest BCUT2D eigenvalue weighted by Crippen LogP contribution is -2.35. The smallest absolute Gasteiger partial charge is 0.251 e. The molecule has 0 aromatic heterocycles. The number of nitrogens with one attached hydrogen (secondary N) is 1. The lowest BCUT2D eigenvalue weighted by molar-refractivity contribution is 0.0902. The SMILES string of the molecule is CCSCc1ccc(C(=O)NCC(C)(C)CC(C)O)cc1. The Balaban J connectivity index is 2.52. The minimum atomic E-state index is -0.354. The van der Waals surface area contributed by atoms with Crippen molar-refractivity contribution in [3.05, 3.63) is 35.4 Å². The molecule has 1 amide bonds. The summed E-state index contributed by atoms with van der Waals surface area (Å²) in [5.74, 6) is 2.03. The molecule has 4 heteroatoms. The van der Waals surface area contributed by atoms with Gasteiger partial charge in [0.15, 0.2) is 0 Å². The first kappa shape index (κ1) is 18.1. The van der Waals surface area contributed by atoms with E-state index in [0.29, 0.717) is 18.5 Å². The maximum atomic E-state index is 12.1. The average molecular weight is 309 g/mol. The third-order valence-electron chi connectivity index (χ3n) is 3.26. The third kappa shape index (κ3) is 7.00. The largest absolute Gasteiger partial charge is 0.393 e. The van der Waals surface area contributed by atoms with Crippen LogP contribution in [0.2, 0.25) is 0 Å². The first-order chi connectivity index (χ1) is 9.84. The molecule has 0 bridgehead atoms. The fourth-order valence-corrected chi connectivity index (χ4v) is 2.90. The van der Waals surface area contributed by atoms with Crippen molar-refractivity contribution in [2.75, 3.05) is 12.3 Å². The van der Waals surface area contributed by atoms with E-state index in [2.05, 4.69) is 12.2 Å². The molecular formula is C17H27NO2S. The number of amides is 1. The lowest BCUT2D eigenvalue weighted by Gasteiger charge is -2.26. The van der Waals surface area contributed by atoms with Crippen LogP contribution in [-0.4, -0.2) is 29.4 Å². The van der Waals surface area contributed by atoms with E-state index in [1.165, 1.54) is 5.56 Å². The second-order valence-corrected chi connectivity index (χ2v) is 7.51. The summed E-state index contributed by atoms with van der Waals surface area (Å²) in [4.78, 5) is 12.1. The molecule has 2 N–H and O–H groups in total. The molecule has 0 fully saturated rings. The van der Waals surface area contributed by atoms with Gasteiger partial charge in [-0.3, -0.25) is 4.79 Å². The van der Waals surface area contributed by atoms with Gasteiger partial charge in [-0.25, -0.2) is 0 Å². The number of rotatable bonds is 8. The van der Waals surface area contributed by atoms with Crippen LogP contribution in [0.15, 0.2) is 24.3 Å². The van der Waals surface area contributed by atoms with Gasteiger partial charge in [0.2, 0.25) is 0 Å². The van der Waals surface area contributed by atoms with Gasteiger partial charge in [0, 0.05) is 17.9 Å². The van der Waals surface area contributed by atoms with Crippen LogP contribution in [0, 0.1) is 5.41 Å². The Kier molecular flexibility index (Phi) is 7.26. The van der Waals surface area contributed by atoms with Crippen molar-refractivity contribution in [2.45, 2.75) is 46.0 Å². The van der Waals surface area contributed by atoms with Crippen LogP contribution in [0.5, 0.6) is 0 Å². The highest BCUT2D eigenvalue weighted by atomic mass is 32.2. The number of carbonyl (C=O) groups is 1. The van der Waals surface area contributed by atoms with Crippen molar-refractivity contribution >= 4 is 17.7 Å². The Morgan fingerprint density at radius 1 is 1.33 bits per heavy atom. The molecule has 0 radical (unpaired) electrons. The summed E-state index contributed by atoms with van der Waals surface area (Å²) < 4.78 is 0. The van der Waals surface area contributed by atoms with Crippen LogP contribution in [0.1, 0.15) is 50.0 Å². The quantitative estimate of drug-likeness (QED) is 0.773. The normalized spacial score (nSPS) is 13.0. The summed E-state index contributed by atoms with van der Waals surface area (Å²) in [5.41, 5.74) is 1.82. The van der Waals surface area contributed by atoms with Gasteiger partial charge in [-0.05, 0) is 42.2 Å². The Morgan fingerprint density at radius 3 is 2.48 bits per heavy atom. The standard InChI is InChI=1S/C17H27NO2S/c1-5-21-11-14-6-8-15(9-7-14)16(20)18-12-17(3,4)10-13(2)19/h6-9,13,19H,5,10-12H2,1-4H3,(H,18,20). The number of aliphatic hydroxyl groups excluding tert-OH is 1. The van der Waals surface area contributed by atoms with Crippen molar-refractivity contribution in [2.24, 2.45) is 5.41 Å². The fourth-order valence-electron chi connectivity index (χ4n) is 2.27. The molecule has 0 aliphatic rings. The molecule has 21 heavy (non-hydrogen) atoms. The molecule has 1 aromatic rings. The first-order valence-electron chi connectivity index (χ1n) is 7.47. The van der Waals surface area contributed by atoms with Crippen LogP contribution >= 0.6 is 11.8 Å². The summed E-state index contributed by atoms with van der Waals surface area (Å²) in [6.07, 6.45) is 0.313. The van der Waals surface area contributed by atoms with Gasteiger partial charge < -0.3 is 10.4 Å². The van der Waals surface area contributed by atoms with E-state index in [1.54, 1.807) is 6.92 Å². The van der Waals surface area contributed by atoms with Crippen LogP contribution in [0.4, 0.5) is 0 Å². The zero-order valence-electron chi connectivity index (χ0n) is 13.5. The molecular weight excluding hydrogens is 282 g/mol. The van der Waals surface area contributed by atoms with Gasteiger partial charge in [-0.2, -0.15) is 11.8 Å². The van der Waals surface area contributed by atoms with Crippen LogP contribution in [-0.2, 0) is 5.75 Å². The van der Waals surface area contributed by atoms with Gasteiger partial charge >= 0.3 is 0 Å². The molecule has 1 rings (SSSR count). The summed E-state index contributed by atoms with van der Waals surface area (Å²) >= 11 is 1.87. The summed E-state index contributed by atoms with van der Waals surface area (Å²) in [6.45, 7) is 8.57. The Morgan fingerprint density at radius 2 is 1.95 bits per heavy atom. The minimum absolute atomic E-state index is 0.0524. The van der Waals surface area contributed by atoms with E-state index < -0.39 is 0 Å². The molecule has 0 aliphatic carbocycles. The average Bonchev–Trinajstić information content (AvgIpc) is 2.42. The Hall–Kier alpha value is -1.00. The van der Waals surface area contributed by atoms with Crippen LogP contribution in [0.3, 0.4) is 0 Å². The van der Waals surface area contributed by atoms with E-state index >= 15 is 0 Å². The van der Waals surface area contributed by atoms with Gasteiger partial charge in [-0.1, -0.05) is 32.9 Å². The van der Waals surface area contributed by atoms with E-state index in [9.17, 15) is 9.90 Å². The molecule has 3 nitrogen and oxygen atoms in total. The van der Waals surface area contributed by atoms with Gasteiger partial charge in [0.05, 0.1) is 6.10 Å². The molecule has 0 spiro atoms. The second-order valence-electron chi connectivity index (χ2n) is 6.23. The highest BCUT2D eigenvalue weighted by molar-refractivity contribution is 7.98. The molecule has 1 unspecified atom stereocenters. The van der Waals surface area contributed by atoms with E-state index in [-0.39, 0.29) is 17.4 Å². The van der Waals surface area contributed by atoms with Gasteiger partial charge in [0.25, 0.3) is 5.91 Å². The third-order valence-corrected chi connectivity index (χ3v) is 4.21. The number of aliphatic hydroxyl groups is 1. The van der Waals surface area contributed by atoms with Crippen molar-refractivity contribution in [3.8, 4) is 0 Å². The highest BCUT2D eigenvalue weighted by Crippen LogP contribution is 2.21. The van der Waals surface area contributed by atoms with Gasteiger partial charge in [0.1, 0.15) is 0 Å². The molecule has 1 atom stereocenters. The lowest BCUT2D eigenvalue weighted by atomic mass is 9.87. The predicted molar refractivity (Wildman–Crippen MR) is 90.7 cm³/mol. The van der Waals surface area contributed by atoms with Crippen molar-refractivity contribution in [1.29, 1.82) is 0 Å². The number of carbonyl (C=O) groups excluding carboxylic acids is 1. The number of benzene rings is 1. The van der Waals surface area contributed by atoms with Crippen molar-refractivity contribution < 1.29 is 9.90 Å². The topological polar surface area (TPSA) is 49.3 Å². The summed E-state index contributed by atoms with van der Waals surface area (Å²) in [5, 5.41) is 12.4. The first-order valence-corrected chi connectivity index (χ1v) is 8.62. The maximum Gasteiger partial charge on any atom is 0.251 e. The second kappa shape index (κ2) is 8.44. The predicted octanol–water partition coefficient (Wildman–Crippen LogP) is 3.47. The van der Waals surface area contributed by atoms with Crippen molar-refractivity contribution in [3.63, 3.8) is 0 Å². The van der Waals surface area contributed by atoms with Crippen LogP contribution in [0.25, 0.3) is 0 Å². The molecule has 0 saturated heterocycles. The van der Waals surface area contributed by atoms with E-state index in [1.807, 2.05) is 49.9 Å². The minimum Gasteiger partial charge on any atom is -0.393 e. The van der Waals surface area contributed by atoms with Gasteiger partial charge in [-0.15, -0.1) is 0 Å². The van der Waals surface area contributed by atoms with Crippen molar-refractivity contribution in [1.82, 2.24) is 5.32 Å². The molecule has 118 valence electrons. The monoisotopic (exact) mass is 309 g/mol. The molecule has 0 saturated carbocycles. The molecule has 1 aromatic carbocycles. The summed E-state index contributed by atoms with van der Waals surface area (Å²) in [7, 11) is 0. The Labute approximate surface area is 132 Å². The fraction of sp³-hybridized carbons (Fsp3) is 0.588. The molecule has 0 aliphatic heterocycles. The van der Waals surface area contributed by atoms with E-state index in [4.69, 9.17) is 0 Å². The Bertz CT molecular complexity index is 441. The zero-order chi connectivity index (χ0) is 15.9. The zero-order valence-corrected chi connectivity index (χ0v) is 14.3. The highest BCUT2D eigenvalue weighted by Gasteiger charge is 2.21. The van der Waals surface area contributed by atoms with Crippen LogP contribution < -0.4 is 5.32 Å². The molecule has 0 heterocycles. The number of hydrogen-bond donors (Lipinski definition) is 2. The summed E-state index contributed by atoms with van der Waals surface area (Å²) in [6, 6.07) is 7.78. The maximum absolute atomic E-state index is 12.1.